The maximum absolute atomic E-state index is 12.4. The minimum Gasteiger partial charge on any atom is -0.497 e. The lowest BCUT2D eigenvalue weighted by atomic mass is 9.98. The molecule has 0 atom stereocenters. The molecule has 0 aliphatic carbocycles. The highest BCUT2D eigenvalue weighted by Crippen LogP contribution is 2.24. The smallest absolute Gasteiger partial charge is 0.255 e. The van der Waals surface area contributed by atoms with Crippen molar-refractivity contribution < 1.29 is 14.3 Å². The summed E-state index contributed by atoms with van der Waals surface area (Å²) in [4.78, 5) is 26.2. The molecule has 1 N–H and O–H groups in total. The standard InChI is InChI=1S/C20H22N2O3/c1-3-19(23)22-10-9-14-7-8-17(11-16(14)13-22)21-20(24)15-5-4-6-18(12-15)25-2/h4-8,11-12H,3,9-10,13H2,1-2H3,(H,21,24). The molecule has 1 aliphatic rings. The van der Waals surface area contributed by atoms with Gasteiger partial charge in [-0.2, -0.15) is 0 Å². The van der Waals surface area contributed by atoms with E-state index in [1.54, 1.807) is 31.4 Å². The van der Waals surface area contributed by atoms with E-state index < -0.39 is 0 Å². The van der Waals surface area contributed by atoms with Crippen LogP contribution in [0.3, 0.4) is 0 Å². The Morgan fingerprint density at radius 1 is 1.16 bits per heavy atom. The Balaban J connectivity index is 1.76. The van der Waals surface area contributed by atoms with Crippen molar-refractivity contribution in [3.8, 4) is 5.75 Å². The molecule has 1 heterocycles. The maximum atomic E-state index is 12.4. The van der Waals surface area contributed by atoms with Crippen molar-refractivity contribution in [1.82, 2.24) is 4.90 Å². The number of carbonyl (C=O) groups is 2. The summed E-state index contributed by atoms with van der Waals surface area (Å²) in [6, 6.07) is 12.9. The lowest BCUT2D eigenvalue weighted by molar-refractivity contribution is -0.131. The van der Waals surface area contributed by atoms with Crippen LogP contribution in [-0.2, 0) is 17.8 Å². The predicted molar refractivity (Wildman–Crippen MR) is 96.8 cm³/mol. The number of carbonyl (C=O) groups excluding carboxylic acids is 2. The zero-order chi connectivity index (χ0) is 17.8. The quantitative estimate of drug-likeness (QED) is 0.931. The van der Waals surface area contributed by atoms with Gasteiger partial charge in [-0.05, 0) is 47.9 Å². The minimum absolute atomic E-state index is 0.163. The molecule has 0 spiro atoms. The van der Waals surface area contributed by atoms with Gasteiger partial charge in [0.1, 0.15) is 5.75 Å². The SMILES string of the molecule is CCC(=O)N1CCc2ccc(NC(=O)c3cccc(OC)c3)cc2C1. The molecule has 0 bridgehead atoms. The van der Waals surface area contributed by atoms with E-state index in [1.807, 2.05) is 30.0 Å². The van der Waals surface area contributed by atoms with Crippen LogP contribution in [0.25, 0.3) is 0 Å². The molecule has 25 heavy (non-hydrogen) atoms. The normalized spacial score (nSPS) is 13.1. The van der Waals surface area contributed by atoms with E-state index in [1.165, 1.54) is 5.56 Å². The summed E-state index contributed by atoms with van der Waals surface area (Å²) in [5, 5.41) is 2.92. The van der Waals surface area contributed by atoms with Gasteiger partial charge in [0, 0.05) is 30.8 Å². The number of amides is 2. The number of nitrogens with zero attached hydrogens (tertiary/aromatic N) is 1. The molecule has 0 fully saturated rings. The molecule has 0 saturated heterocycles. The van der Waals surface area contributed by atoms with Crippen LogP contribution in [0, 0.1) is 0 Å². The second kappa shape index (κ2) is 7.38. The van der Waals surface area contributed by atoms with E-state index in [2.05, 4.69) is 5.32 Å². The Bertz CT molecular complexity index is 801. The number of hydrogen-bond donors (Lipinski definition) is 1. The van der Waals surface area contributed by atoms with E-state index in [0.717, 1.165) is 24.2 Å². The van der Waals surface area contributed by atoms with Gasteiger partial charge < -0.3 is 15.0 Å². The fraction of sp³-hybridized carbons (Fsp3) is 0.300. The molecule has 5 heteroatoms. The third-order valence-corrected chi connectivity index (χ3v) is 4.46. The Labute approximate surface area is 147 Å². The summed E-state index contributed by atoms with van der Waals surface area (Å²) < 4.78 is 5.16. The van der Waals surface area contributed by atoms with Crippen LogP contribution in [0.15, 0.2) is 42.5 Å². The van der Waals surface area contributed by atoms with Gasteiger partial charge in [-0.15, -0.1) is 0 Å². The Morgan fingerprint density at radius 2 is 2.00 bits per heavy atom. The average molecular weight is 338 g/mol. The van der Waals surface area contributed by atoms with Gasteiger partial charge in [-0.3, -0.25) is 9.59 Å². The summed E-state index contributed by atoms with van der Waals surface area (Å²) in [6.07, 6.45) is 1.37. The summed E-state index contributed by atoms with van der Waals surface area (Å²) in [5.41, 5.74) is 3.60. The molecule has 5 nitrogen and oxygen atoms in total. The van der Waals surface area contributed by atoms with Gasteiger partial charge in [-0.1, -0.05) is 19.1 Å². The molecule has 0 unspecified atom stereocenters. The molecule has 1 aliphatic heterocycles. The molecule has 2 aromatic rings. The number of hydrogen-bond acceptors (Lipinski definition) is 3. The summed E-state index contributed by atoms with van der Waals surface area (Å²) in [5.74, 6) is 0.624. The van der Waals surface area contributed by atoms with Gasteiger partial charge in [0.15, 0.2) is 0 Å². The van der Waals surface area contributed by atoms with E-state index in [9.17, 15) is 9.59 Å². The van der Waals surface area contributed by atoms with Crippen LogP contribution in [0.1, 0.15) is 34.8 Å². The van der Waals surface area contributed by atoms with Crippen LogP contribution in [0.2, 0.25) is 0 Å². The van der Waals surface area contributed by atoms with Crippen molar-refractivity contribution in [3.05, 3.63) is 59.2 Å². The lowest BCUT2D eigenvalue weighted by Gasteiger charge is -2.29. The molecule has 2 amide bonds. The topological polar surface area (TPSA) is 58.6 Å². The summed E-state index contributed by atoms with van der Waals surface area (Å²) >= 11 is 0. The molecule has 2 aromatic carbocycles. The third kappa shape index (κ3) is 3.82. The molecule has 0 saturated carbocycles. The van der Waals surface area contributed by atoms with E-state index in [0.29, 0.717) is 24.3 Å². The van der Waals surface area contributed by atoms with Crippen molar-refractivity contribution in [3.63, 3.8) is 0 Å². The van der Waals surface area contributed by atoms with Crippen molar-refractivity contribution in [2.24, 2.45) is 0 Å². The number of rotatable bonds is 4. The Morgan fingerprint density at radius 3 is 2.76 bits per heavy atom. The van der Waals surface area contributed by atoms with Crippen LogP contribution < -0.4 is 10.1 Å². The van der Waals surface area contributed by atoms with Crippen molar-refractivity contribution >= 4 is 17.5 Å². The van der Waals surface area contributed by atoms with Gasteiger partial charge >= 0.3 is 0 Å². The second-order valence-electron chi connectivity index (χ2n) is 6.09. The zero-order valence-corrected chi connectivity index (χ0v) is 14.5. The fourth-order valence-corrected chi connectivity index (χ4v) is 3.04. The van der Waals surface area contributed by atoms with Gasteiger partial charge in [0.05, 0.1) is 7.11 Å². The molecule has 0 radical (unpaired) electrons. The fourth-order valence-electron chi connectivity index (χ4n) is 3.04. The molecular formula is C20H22N2O3. The highest BCUT2D eigenvalue weighted by Gasteiger charge is 2.20. The predicted octanol–water partition coefficient (Wildman–Crippen LogP) is 3.24. The number of benzene rings is 2. The summed E-state index contributed by atoms with van der Waals surface area (Å²) in [6.45, 7) is 3.24. The van der Waals surface area contributed by atoms with Crippen LogP contribution in [-0.4, -0.2) is 30.4 Å². The number of methoxy groups -OCH3 is 1. The van der Waals surface area contributed by atoms with E-state index in [4.69, 9.17) is 4.74 Å². The third-order valence-electron chi connectivity index (χ3n) is 4.46. The van der Waals surface area contributed by atoms with Gasteiger partial charge in [0.2, 0.25) is 5.91 Å². The number of anilines is 1. The average Bonchev–Trinajstić information content (AvgIpc) is 2.66. The first-order valence-corrected chi connectivity index (χ1v) is 8.45. The van der Waals surface area contributed by atoms with Crippen molar-refractivity contribution in [2.75, 3.05) is 19.0 Å². The molecular weight excluding hydrogens is 316 g/mol. The number of fused-ring (bicyclic) bond motifs is 1. The van der Waals surface area contributed by atoms with Crippen molar-refractivity contribution in [1.29, 1.82) is 0 Å². The van der Waals surface area contributed by atoms with Crippen LogP contribution in [0.5, 0.6) is 5.75 Å². The second-order valence-corrected chi connectivity index (χ2v) is 6.09. The van der Waals surface area contributed by atoms with Gasteiger partial charge in [0.25, 0.3) is 5.91 Å². The lowest BCUT2D eigenvalue weighted by Crippen LogP contribution is -2.35. The molecule has 0 aromatic heterocycles. The first-order chi connectivity index (χ1) is 12.1. The van der Waals surface area contributed by atoms with Gasteiger partial charge in [-0.25, -0.2) is 0 Å². The minimum atomic E-state index is -0.184. The Hall–Kier alpha value is -2.82. The van der Waals surface area contributed by atoms with Crippen LogP contribution >= 0.6 is 0 Å². The first-order valence-electron chi connectivity index (χ1n) is 8.45. The zero-order valence-electron chi connectivity index (χ0n) is 14.5. The molecule has 130 valence electrons. The van der Waals surface area contributed by atoms with E-state index in [-0.39, 0.29) is 11.8 Å². The maximum Gasteiger partial charge on any atom is 0.255 e. The van der Waals surface area contributed by atoms with Crippen LogP contribution in [0.4, 0.5) is 5.69 Å². The summed E-state index contributed by atoms with van der Waals surface area (Å²) in [7, 11) is 1.57. The highest BCUT2D eigenvalue weighted by molar-refractivity contribution is 6.04. The Kier molecular flexibility index (Phi) is 5.03. The largest absolute Gasteiger partial charge is 0.497 e. The number of ether oxygens (including phenoxy) is 1. The van der Waals surface area contributed by atoms with Crippen molar-refractivity contribution in [2.45, 2.75) is 26.3 Å². The number of nitrogens with one attached hydrogen (secondary N) is 1. The molecule has 3 rings (SSSR count). The monoisotopic (exact) mass is 338 g/mol. The van der Waals surface area contributed by atoms with E-state index >= 15 is 0 Å². The first kappa shape index (κ1) is 17.0. The highest BCUT2D eigenvalue weighted by atomic mass is 16.5.